The van der Waals surface area contributed by atoms with Gasteiger partial charge >= 0.3 is 0 Å². The average Bonchev–Trinajstić information content (AvgIpc) is 2.92. The summed E-state index contributed by atoms with van der Waals surface area (Å²) >= 11 is 14.1. The highest BCUT2D eigenvalue weighted by Gasteiger charge is 2.37. The van der Waals surface area contributed by atoms with Crippen molar-refractivity contribution in [3.63, 3.8) is 0 Å². The second kappa shape index (κ2) is 6.36. The van der Waals surface area contributed by atoms with Gasteiger partial charge in [0.25, 0.3) is 10.0 Å². The van der Waals surface area contributed by atoms with E-state index in [0.29, 0.717) is 21.8 Å². The lowest BCUT2D eigenvalue weighted by Crippen LogP contribution is -2.34. The van der Waals surface area contributed by atoms with E-state index >= 15 is 0 Å². The molecule has 0 saturated heterocycles. The van der Waals surface area contributed by atoms with Crippen molar-refractivity contribution in [1.82, 2.24) is 4.90 Å². The van der Waals surface area contributed by atoms with E-state index in [2.05, 4.69) is 4.40 Å². The zero-order valence-electron chi connectivity index (χ0n) is 12.8. The third-order valence-corrected chi connectivity index (χ3v) is 6.98. The molecular formula is C17H12Cl2N2O2S2. The molecule has 0 atom stereocenters. The van der Waals surface area contributed by atoms with Crippen LogP contribution in [-0.2, 0) is 10.0 Å². The summed E-state index contributed by atoms with van der Waals surface area (Å²) in [5.74, 6) is -0.0270. The lowest BCUT2D eigenvalue weighted by atomic mass is 10.1. The van der Waals surface area contributed by atoms with Crippen LogP contribution in [0.1, 0.15) is 11.1 Å². The number of fused-ring (bicyclic) bond motifs is 1. The van der Waals surface area contributed by atoms with Gasteiger partial charge in [-0.05, 0) is 23.9 Å². The van der Waals surface area contributed by atoms with Gasteiger partial charge in [-0.3, -0.25) is 0 Å². The van der Waals surface area contributed by atoms with Crippen molar-refractivity contribution < 1.29 is 8.42 Å². The summed E-state index contributed by atoms with van der Waals surface area (Å²) < 4.78 is 27.8. The van der Waals surface area contributed by atoms with Gasteiger partial charge in [0, 0.05) is 32.6 Å². The Kier molecular flexibility index (Phi) is 4.32. The molecule has 0 unspecified atom stereocenters. The fourth-order valence-electron chi connectivity index (χ4n) is 2.81. The molecule has 2 heterocycles. The summed E-state index contributed by atoms with van der Waals surface area (Å²) in [5, 5.41) is 1.63. The summed E-state index contributed by atoms with van der Waals surface area (Å²) in [6.45, 7) is 0.336. The summed E-state index contributed by atoms with van der Waals surface area (Å²) in [6.07, 6.45) is 0. The number of sulfonamides is 1. The van der Waals surface area contributed by atoms with Gasteiger partial charge in [-0.15, -0.1) is 4.40 Å². The van der Waals surface area contributed by atoms with Crippen LogP contribution >= 0.6 is 35.0 Å². The fourth-order valence-corrected chi connectivity index (χ4v) is 5.73. The summed E-state index contributed by atoms with van der Waals surface area (Å²) in [5.41, 5.74) is 2.51. The molecule has 128 valence electrons. The quantitative estimate of drug-likeness (QED) is 0.727. The number of amidine groups is 1. The second-order valence-corrected chi connectivity index (χ2v) is 9.10. The number of nitrogens with zero attached hydrogens (tertiary/aromatic N) is 2. The van der Waals surface area contributed by atoms with Crippen LogP contribution in [0.4, 0.5) is 0 Å². The SMILES string of the molecule is O=S1(=O)CCN2C(=N1)SC(c1ccccc1Cl)=C2c1ccccc1Cl. The molecular weight excluding hydrogens is 399 g/mol. The molecule has 2 aromatic carbocycles. The van der Waals surface area contributed by atoms with Crippen LogP contribution in [0.2, 0.25) is 10.0 Å². The van der Waals surface area contributed by atoms with E-state index in [1.165, 1.54) is 11.8 Å². The molecule has 0 bridgehead atoms. The fraction of sp³-hybridized carbons (Fsp3) is 0.118. The van der Waals surface area contributed by atoms with Crippen LogP contribution in [0.15, 0.2) is 52.9 Å². The number of hydrogen-bond acceptors (Lipinski definition) is 4. The van der Waals surface area contributed by atoms with Gasteiger partial charge in [-0.1, -0.05) is 59.6 Å². The Balaban J connectivity index is 1.97. The van der Waals surface area contributed by atoms with Crippen molar-refractivity contribution in [3.05, 3.63) is 69.7 Å². The van der Waals surface area contributed by atoms with E-state index in [9.17, 15) is 8.42 Å². The maximum atomic E-state index is 11.9. The van der Waals surface area contributed by atoms with Gasteiger partial charge in [-0.25, -0.2) is 8.42 Å². The lowest BCUT2D eigenvalue weighted by Gasteiger charge is -2.25. The van der Waals surface area contributed by atoms with Gasteiger partial charge in [0.1, 0.15) is 0 Å². The zero-order chi connectivity index (χ0) is 17.6. The van der Waals surface area contributed by atoms with Gasteiger partial charge < -0.3 is 4.90 Å². The number of hydrogen-bond donors (Lipinski definition) is 0. The predicted molar refractivity (Wildman–Crippen MR) is 105 cm³/mol. The molecule has 0 aliphatic carbocycles. The maximum absolute atomic E-state index is 11.9. The number of thioether (sulfide) groups is 1. The first-order chi connectivity index (χ1) is 12.0. The lowest BCUT2D eigenvalue weighted by molar-refractivity contribution is 0.567. The molecule has 2 aromatic rings. The largest absolute Gasteiger partial charge is 0.317 e. The Morgan fingerprint density at radius 3 is 2.20 bits per heavy atom. The Hall–Kier alpha value is -1.47. The van der Waals surface area contributed by atoms with Crippen LogP contribution in [0.3, 0.4) is 0 Å². The van der Waals surface area contributed by atoms with Gasteiger partial charge in [0.05, 0.1) is 11.4 Å². The normalized spacial score (nSPS) is 19.0. The summed E-state index contributed by atoms with van der Waals surface area (Å²) in [6, 6.07) is 15.0. The third kappa shape index (κ3) is 3.08. The minimum Gasteiger partial charge on any atom is -0.317 e. The zero-order valence-corrected chi connectivity index (χ0v) is 16.0. The highest BCUT2D eigenvalue weighted by atomic mass is 35.5. The maximum Gasteiger partial charge on any atom is 0.257 e. The first-order valence-corrected chi connectivity index (χ1v) is 10.7. The van der Waals surface area contributed by atoms with Crippen LogP contribution in [-0.4, -0.2) is 30.8 Å². The van der Waals surface area contributed by atoms with Crippen molar-refractivity contribution in [2.45, 2.75) is 0 Å². The Morgan fingerprint density at radius 1 is 0.960 bits per heavy atom. The van der Waals surface area contributed by atoms with Crippen LogP contribution < -0.4 is 0 Å². The van der Waals surface area contributed by atoms with Crippen molar-refractivity contribution in [2.75, 3.05) is 12.3 Å². The molecule has 25 heavy (non-hydrogen) atoms. The minimum atomic E-state index is -3.44. The number of benzene rings is 2. The molecule has 4 rings (SSSR count). The molecule has 0 saturated carbocycles. The number of halogens is 2. The molecule has 2 aliphatic rings. The van der Waals surface area contributed by atoms with Gasteiger partial charge in [0.15, 0.2) is 5.17 Å². The third-order valence-electron chi connectivity index (χ3n) is 3.95. The van der Waals surface area contributed by atoms with Crippen molar-refractivity contribution in [3.8, 4) is 0 Å². The summed E-state index contributed by atoms with van der Waals surface area (Å²) in [4.78, 5) is 2.76. The van der Waals surface area contributed by atoms with E-state index in [1.807, 2.05) is 53.4 Å². The van der Waals surface area contributed by atoms with Crippen molar-refractivity contribution in [1.29, 1.82) is 0 Å². The van der Waals surface area contributed by atoms with Crippen molar-refractivity contribution >= 4 is 60.8 Å². The monoisotopic (exact) mass is 410 g/mol. The highest BCUT2D eigenvalue weighted by molar-refractivity contribution is 8.22. The molecule has 0 fully saturated rings. The van der Waals surface area contributed by atoms with E-state index in [0.717, 1.165) is 21.7 Å². The predicted octanol–water partition coefficient (Wildman–Crippen LogP) is 4.57. The smallest absolute Gasteiger partial charge is 0.257 e. The molecule has 0 aromatic heterocycles. The Labute approximate surface area is 160 Å². The Morgan fingerprint density at radius 2 is 1.56 bits per heavy atom. The molecule has 8 heteroatoms. The number of rotatable bonds is 2. The van der Waals surface area contributed by atoms with Gasteiger partial charge in [-0.2, -0.15) is 0 Å². The molecule has 0 radical (unpaired) electrons. The average molecular weight is 411 g/mol. The van der Waals surface area contributed by atoms with Crippen LogP contribution in [0.25, 0.3) is 10.6 Å². The minimum absolute atomic E-state index is 0.0270. The highest BCUT2D eigenvalue weighted by Crippen LogP contribution is 2.49. The molecule has 2 aliphatic heterocycles. The van der Waals surface area contributed by atoms with Crippen LogP contribution in [0, 0.1) is 0 Å². The van der Waals surface area contributed by atoms with Gasteiger partial charge in [0.2, 0.25) is 0 Å². The Bertz CT molecular complexity index is 1030. The second-order valence-electron chi connectivity index (χ2n) is 5.55. The standard InChI is InChI=1S/C17H12Cl2N2O2S2/c18-13-7-3-1-5-11(13)15-16(12-6-2-4-8-14(12)19)24-17-20-25(22,23)10-9-21(15)17/h1-8H,9-10H2. The molecule has 0 spiro atoms. The topological polar surface area (TPSA) is 49.7 Å². The first-order valence-electron chi connectivity index (χ1n) is 7.48. The summed E-state index contributed by atoms with van der Waals surface area (Å²) in [7, 11) is -3.44. The molecule has 0 N–H and O–H groups in total. The van der Waals surface area contributed by atoms with Crippen LogP contribution in [0.5, 0.6) is 0 Å². The van der Waals surface area contributed by atoms with E-state index in [-0.39, 0.29) is 5.75 Å². The molecule has 0 amide bonds. The van der Waals surface area contributed by atoms with Crippen molar-refractivity contribution in [2.24, 2.45) is 4.40 Å². The molecule has 4 nitrogen and oxygen atoms in total. The van der Waals surface area contributed by atoms with E-state index in [4.69, 9.17) is 23.2 Å². The van der Waals surface area contributed by atoms with E-state index < -0.39 is 10.0 Å². The van der Waals surface area contributed by atoms with E-state index in [1.54, 1.807) is 0 Å². The first kappa shape index (κ1) is 17.0.